The predicted octanol–water partition coefficient (Wildman–Crippen LogP) is 3.04. The molecule has 0 saturated carbocycles. The number of nitrogens with two attached hydrogens (primary N) is 1. The maximum absolute atomic E-state index is 5.50. The van der Waals surface area contributed by atoms with Crippen LogP contribution in [0.25, 0.3) is 9.40 Å². The van der Waals surface area contributed by atoms with Crippen molar-refractivity contribution in [2.24, 2.45) is 5.84 Å². The Hall–Kier alpha value is -0.680. The van der Waals surface area contributed by atoms with Crippen molar-refractivity contribution in [1.82, 2.24) is 5.43 Å². The Morgan fingerprint density at radius 3 is 2.93 bits per heavy atom. The minimum Gasteiger partial charge on any atom is -0.271 e. The van der Waals surface area contributed by atoms with Crippen LogP contribution in [0.3, 0.4) is 0 Å². The third kappa shape index (κ3) is 1.62. The molecule has 0 fully saturated rings. The highest BCUT2D eigenvalue weighted by molar-refractivity contribution is 7.26. The summed E-state index contributed by atoms with van der Waals surface area (Å²) in [6, 6.07) is 4.41. The Bertz CT molecular complexity index is 427. The van der Waals surface area contributed by atoms with Crippen LogP contribution in [0, 0.1) is 0 Å². The fourth-order valence-corrected chi connectivity index (χ4v) is 3.67. The molecule has 0 amide bonds. The summed E-state index contributed by atoms with van der Waals surface area (Å²) in [5, 5.41) is 2.11. The quantitative estimate of drug-likeness (QED) is 0.478. The predicted molar refractivity (Wildman–Crippen MR) is 64.6 cm³/mol. The van der Waals surface area contributed by atoms with Gasteiger partial charge in [-0.25, -0.2) is 5.43 Å². The van der Waals surface area contributed by atoms with Gasteiger partial charge in [0.25, 0.3) is 0 Å². The van der Waals surface area contributed by atoms with E-state index in [1.165, 1.54) is 14.3 Å². The minimum atomic E-state index is 0.0830. The molecule has 0 aliphatic heterocycles. The summed E-state index contributed by atoms with van der Waals surface area (Å²) < 4.78 is 2.65. The lowest BCUT2D eigenvalue weighted by Crippen LogP contribution is -2.27. The lowest BCUT2D eigenvalue weighted by Gasteiger charge is -2.13. The molecule has 2 nitrogen and oxygen atoms in total. The number of hydrogen-bond acceptors (Lipinski definition) is 4. The third-order valence-electron chi connectivity index (χ3n) is 2.10. The smallest absolute Gasteiger partial charge is 0.0758 e. The molecule has 2 heterocycles. The zero-order chi connectivity index (χ0) is 10.1. The first-order valence-corrected chi connectivity index (χ1v) is 6.00. The Morgan fingerprint density at radius 2 is 2.36 bits per heavy atom. The van der Waals surface area contributed by atoms with E-state index >= 15 is 0 Å². The minimum absolute atomic E-state index is 0.0830. The molecule has 0 radical (unpaired) electrons. The first-order valence-electron chi connectivity index (χ1n) is 4.31. The maximum atomic E-state index is 5.50. The zero-order valence-electron chi connectivity index (χ0n) is 7.91. The number of hydrogen-bond donors (Lipinski definition) is 2. The van der Waals surface area contributed by atoms with Crippen molar-refractivity contribution in [1.29, 1.82) is 0 Å². The second-order valence-electron chi connectivity index (χ2n) is 3.24. The van der Waals surface area contributed by atoms with Gasteiger partial charge in [-0.1, -0.05) is 12.2 Å². The summed E-state index contributed by atoms with van der Waals surface area (Å²) in [5.41, 5.74) is 3.83. The van der Waals surface area contributed by atoms with E-state index in [1.54, 1.807) is 22.7 Å². The molecule has 4 heteroatoms. The van der Waals surface area contributed by atoms with Crippen molar-refractivity contribution in [3.63, 3.8) is 0 Å². The molecule has 0 aromatic carbocycles. The van der Waals surface area contributed by atoms with E-state index in [1.807, 2.05) is 6.92 Å². The standard InChI is InChI=1S/C10H12N2S2/c1-6(2)10(12-11)9-5-8-7(14-9)3-4-13-8/h3-5,10,12H,1,11H2,2H3. The van der Waals surface area contributed by atoms with Gasteiger partial charge < -0.3 is 0 Å². The Morgan fingerprint density at radius 1 is 1.57 bits per heavy atom. The molecule has 3 N–H and O–H groups in total. The Balaban J connectivity index is 2.42. The average molecular weight is 224 g/mol. The van der Waals surface area contributed by atoms with Gasteiger partial charge in [-0.3, -0.25) is 5.84 Å². The molecule has 1 unspecified atom stereocenters. The maximum Gasteiger partial charge on any atom is 0.0758 e. The van der Waals surface area contributed by atoms with Gasteiger partial charge >= 0.3 is 0 Å². The van der Waals surface area contributed by atoms with E-state index in [0.717, 1.165) is 5.57 Å². The van der Waals surface area contributed by atoms with Crippen LogP contribution in [0.4, 0.5) is 0 Å². The molecule has 0 saturated heterocycles. The van der Waals surface area contributed by atoms with E-state index in [9.17, 15) is 0 Å². The molecule has 74 valence electrons. The number of nitrogens with one attached hydrogen (secondary N) is 1. The van der Waals surface area contributed by atoms with Crippen LogP contribution in [0.5, 0.6) is 0 Å². The van der Waals surface area contributed by atoms with Gasteiger partial charge in [-0.05, 0) is 24.4 Å². The van der Waals surface area contributed by atoms with Crippen LogP contribution < -0.4 is 11.3 Å². The van der Waals surface area contributed by atoms with Crippen molar-refractivity contribution in [2.75, 3.05) is 0 Å². The second kappa shape index (κ2) is 3.82. The lowest BCUT2D eigenvalue weighted by molar-refractivity contribution is 0.637. The fourth-order valence-electron chi connectivity index (χ4n) is 1.39. The Labute approximate surface area is 91.0 Å². The fraction of sp³-hybridized carbons (Fsp3) is 0.200. The van der Waals surface area contributed by atoms with Gasteiger partial charge in [0.1, 0.15) is 0 Å². The highest BCUT2D eigenvalue weighted by Crippen LogP contribution is 2.34. The molecule has 0 aliphatic rings. The Kier molecular flexibility index (Phi) is 2.69. The monoisotopic (exact) mass is 224 g/mol. The van der Waals surface area contributed by atoms with Gasteiger partial charge in [0.2, 0.25) is 0 Å². The molecule has 0 aliphatic carbocycles. The van der Waals surface area contributed by atoms with Crippen LogP contribution >= 0.6 is 22.7 Å². The zero-order valence-corrected chi connectivity index (χ0v) is 9.54. The molecule has 1 atom stereocenters. The molecule has 0 spiro atoms. The van der Waals surface area contributed by atoms with Gasteiger partial charge in [-0.15, -0.1) is 22.7 Å². The average Bonchev–Trinajstić information content (AvgIpc) is 2.63. The molecular formula is C10H12N2S2. The highest BCUT2D eigenvalue weighted by atomic mass is 32.1. The van der Waals surface area contributed by atoms with E-state index in [0.29, 0.717) is 0 Å². The van der Waals surface area contributed by atoms with Gasteiger partial charge in [-0.2, -0.15) is 0 Å². The number of rotatable bonds is 3. The van der Waals surface area contributed by atoms with E-state index in [4.69, 9.17) is 5.84 Å². The summed E-state index contributed by atoms with van der Waals surface area (Å²) in [4.78, 5) is 1.24. The van der Waals surface area contributed by atoms with Crippen molar-refractivity contribution in [3.05, 3.63) is 34.5 Å². The molecule has 2 aromatic heterocycles. The number of hydrazine groups is 1. The summed E-state index contributed by atoms with van der Waals surface area (Å²) >= 11 is 3.53. The second-order valence-corrected chi connectivity index (χ2v) is 5.31. The van der Waals surface area contributed by atoms with E-state index in [2.05, 4.69) is 29.5 Å². The lowest BCUT2D eigenvalue weighted by atomic mass is 10.1. The van der Waals surface area contributed by atoms with E-state index < -0.39 is 0 Å². The van der Waals surface area contributed by atoms with Crippen molar-refractivity contribution >= 4 is 32.1 Å². The first-order chi connectivity index (χ1) is 6.72. The summed E-state index contributed by atoms with van der Waals surface area (Å²) in [5.74, 6) is 5.50. The van der Waals surface area contributed by atoms with Crippen molar-refractivity contribution in [3.8, 4) is 0 Å². The first kappa shape index (κ1) is 9.86. The van der Waals surface area contributed by atoms with E-state index in [-0.39, 0.29) is 6.04 Å². The van der Waals surface area contributed by atoms with Crippen LogP contribution in [-0.2, 0) is 0 Å². The SMILES string of the molecule is C=C(C)C(NN)c1cc2sccc2s1. The molecule has 2 aromatic rings. The van der Waals surface area contributed by atoms with Crippen molar-refractivity contribution in [2.45, 2.75) is 13.0 Å². The number of fused-ring (bicyclic) bond motifs is 1. The number of thiophene rings is 2. The molecule has 2 rings (SSSR count). The summed E-state index contributed by atoms with van der Waals surface area (Å²) in [7, 11) is 0. The van der Waals surface area contributed by atoms with Crippen LogP contribution in [0.15, 0.2) is 29.7 Å². The van der Waals surface area contributed by atoms with Gasteiger partial charge in [0.15, 0.2) is 0 Å². The highest BCUT2D eigenvalue weighted by Gasteiger charge is 2.13. The largest absolute Gasteiger partial charge is 0.271 e. The molecular weight excluding hydrogens is 212 g/mol. The summed E-state index contributed by atoms with van der Waals surface area (Å²) in [6.07, 6.45) is 0. The molecule has 0 bridgehead atoms. The van der Waals surface area contributed by atoms with Crippen molar-refractivity contribution < 1.29 is 0 Å². The van der Waals surface area contributed by atoms with Gasteiger partial charge in [0, 0.05) is 14.3 Å². The topological polar surface area (TPSA) is 38.0 Å². The van der Waals surface area contributed by atoms with Crippen LogP contribution in [0.1, 0.15) is 17.8 Å². The summed E-state index contributed by atoms with van der Waals surface area (Å²) in [6.45, 7) is 5.91. The van der Waals surface area contributed by atoms with Gasteiger partial charge in [0.05, 0.1) is 6.04 Å². The van der Waals surface area contributed by atoms with Crippen LogP contribution in [-0.4, -0.2) is 0 Å². The van der Waals surface area contributed by atoms with Crippen LogP contribution in [0.2, 0.25) is 0 Å². The normalized spacial score (nSPS) is 13.3. The molecule has 14 heavy (non-hydrogen) atoms. The third-order valence-corrected chi connectivity index (χ3v) is 4.26.